The summed E-state index contributed by atoms with van der Waals surface area (Å²) in [4.78, 5) is 23.1. The average Bonchev–Trinajstić information content (AvgIpc) is 2.82. The van der Waals surface area contributed by atoms with Crippen molar-refractivity contribution < 1.29 is 23.6 Å². The van der Waals surface area contributed by atoms with Crippen molar-refractivity contribution in [2.24, 2.45) is 0 Å². The van der Waals surface area contributed by atoms with Gasteiger partial charge in [-0.1, -0.05) is 24.3 Å². The Morgan fingerprint density at radius 3 is 2.59 bits per heavy atom. The van der Waals surface area contributed by atoms with Crippen molar-refractivity contribution in [2.45, 2.75) is 6.61 Å². The number of nitrogens with zero attached hydrogens (tertiary/aromatic N) is 2. The smallest absolute Gasteiger partial charge is 0.292 e. The van der Waals surface area contributed by atoms with E-state index in [1.54, 1.807) is 24.3 Å². The van der Waals surface area contributed by atoms with E-state index in [9.17, 15) is 24.6 Å². The maximum absolute atomic E-state index is 13.1. The van der Waals surface area contributed by atoms with Crippen LogP contribution in [0.4, 0.5) is 15.8 Å². The number of para-hydroxylation sites is 2. The summed E-state index contributed by atoms with van der Waals surface area (Å²) in [5.74, 6) is -0.308. The van der Waals surface area contributed by atoms with Gasteiger partial charge in [0.05, 0.1) is 15.6 Å². The highest BCUT2D eigenvalue weighted by atomic mass is 127. The first-order valence-corrected chi connectivity index (χ1v) is 10.8. The Morgan fingerprint density at radius 1 is 1.24 bits per heavy atom. The van der Waals surface area contributed by atoms with E-state index in [4.69, 9.17) is 9.47 Å². The first-order chi connectivity index (χ1) is 16.3. The molecule has 0 aliphatic rings. The number of nitro groups is 1. The van der Waals surface area contributed by atoms with Crippen LogP contribution in [0.5, 0.6) is 11.5 Å². The van der Waals surface area contributed by atoms with Crippen LogP contribution in [0.3, 0.4) is 0 Å². The fourth-order valence-corrected chi connectivity index (χ4v) is 3.72. The van der Waals surface area contributed by atoms with Gasteiger partial charge in [0.1, 0.15) is 29.8 Å². The summed E-state index contributed by atoms with van der Waals surface area (Å²) < 4.78 is 25.0. The molecule has 0 heterocycles. The number of carbonyl (C=O) groups is 1. The average molecular weight is 573 g/mol. The van der Waals surface area contributed by atoms with Gasteiger partial charge in [0.15, 0.2) is 11.5 Å². The number of benzene rings is 3. The van der Waals surface area contributed by atoms with E-state index in [0.717, 1.165) is 5.56 Å². The molecule has 10 heteroatoms. The lowest BCUT2D eigenvalue weighted by molar-refractivity contribution is -0.383. The quantitative estimate of drug-likeness (QED) is 0.126. The lowest BCUT2D eigenvalue weighted by Gasteiger charge is -2.14. The lowest BCUT2D eigenvalue weighted by Crippen LogP contribution is -2.14. The van der Waals surface area contributed by atoms with Gasteiger partial charge < -0.3 is 14.8 Å². The Labute approximate surface area is 207 Å². The van der Waals surface area contributed by atoms with E-state index < -0.39 is 10.8 Å². The molecule has 0 unspecified atom stereocenters. The zero-order valence-corrected chi connectivity index (χ0v) is 19.9. The molecule has 3 aromatic rings. The van der Waals surface area contributed by atoms with E-state index >= 15 is 0 Å². The summed E-state index contributed by atoms with van der Waals surface area (Å²) in [7, 11) is 1.45. The van der Waals surface area contributed by atoms with Gasteiger partial charge in [-0.25, -0.2) is 4.39 Å². The number of ether oxygens (including phenoxy) is 2. The van der Waals surface area contributed by atoms with Crippen LogP contribution >= 0.6 is 22.6 Å². The number of nitrogens with one attached hydrogen (secondary N) is 1. The summed E-state index contributed by atoms with van der Waals surface area (Å²) in [6.45, 7) is 0.184. The Hall–Kier alpha value is -3.98. The molecule has 0 bridgehead atoms. The number of anilines is 1. The van der Waals surface area contributed by atoms with Crippen molar-refractivity contribution in [3.05, 3.63) is 96.9 Å². The van der Waals surface area contributed by atoms with Gasteiger partial charge in [0.2, 0.25) is 0 Å². The standard InChI is InChI=1S/C24H17FIN3O5/c1-33-22-12-16(11-19(26)23(22)34-14-15-6-8-18(25)9-7-15)10-17(13-27)24(30)28-20-4-2-3-5-21(20)29(31)32/h2-12H,14H2,1H3,(H,28,30). The van der Waals surface area contributed by atoms with E-state index in [0.29, 0.717) is 20.6 Å². The number of hydrogen-bond acceptors (Lipinski definition) is 6. The molecule has 0 aliphatic heterocycles. The third kappa shape index (κ3) is 6.08. The third-order valence-corrected chi connectivity index (χ3v) is 5.37. The van der Waals surface area contributed by atoms with Gasteiger partial charge in [0.25, 0.3) is 11.6 Å². The van der Waals surface area contributed by atoms with Crippen molar-refractivity contribution in [3.63, 3.8) is 0 Å². The van der Waals surface area contributed by atoms with E-state index in [-0.39, 0.29) is 29.4 Å². The molecular weight excluding hydrogens is 556 g/mol. The van der Waals surface area contributed by atoms with Crippen LogP contribution in [0, 0.1) is 30.8 Å². The summed E-state index contributed by atoms with van der Waals surface area (Å²) in [6, 6.07) is 16.7. The molecule has 3 rings (SSSR count). The van der Waals surface area contributed by atoms with Crippen LogP contribution < -0.4 is 14.8 Å². The van der Waals surface area contributed by atoms with Gasteiger partial charge >= 0.3 is 0 Å². The number of rotatable bonds is 8. The van der Waals surface area contributed by atoms with Crippen molar-refractivity contribution in [1.29, 1.82) is 5.26 Å². The molecule has 0 saturated carbocycles. The highest BCUT2D eigenvalue weighted by Gasteiger charge is 2.18. The number of methoxy groups -OCH3 is 1. The molecule has 34 heavy (non-hydrogen) atoms. The fraction of sp³-hybridized carbons (Fsp3) is 0.0833. The molecule has 1 N–H and O–H groups in total. The maximum Gasteiger partial charge on any atom is 0.292 e. The predicted octanol–water partition coefficient (Wildman–Crippen LogP) is 5.47. The molecule has 0 spiro atoms. The molecule has 0 radical (unpaired) electrons. The van der Waals surface area contributed by atoms with Crippen LogP contribution in [0.2, 0.25) is 0 Å². The number of amides is 1. The summed E-state index contributed by atoms with van der Waals surface area (Å²) >= 11 is 2.04. The van der Waals surface area contributed by atoms with Crippen molar-refractivity contribution >= 4 is 45.9 Å². The van der Waals surface area contributed by atoms with Crippen LogP contribution in [-0.2, 0) is 11.4 Å². The Morgan fingerprint density at radius 2 is 1.94 bits per heavy atom. The molecule has 8 nitrogen and oxygen atoms in total. The Balaban J connectivity index is 1.84. The van der Waals surface area contributed by atoms with Gasteiger partial charge in [-0.3, -0.25) is 14.9 Å². The first kappa shape index (κ1) is 24.7. The Kier molecular flexibility index (Phi) is 8.15. The monoisotopic (exact) mass is 573 g/mol. The minimum absolute atomic E-state index is 0.0182. The van der Waals surface area contributed by atoms with E-state index in [2.05, 4.69) is 5.32 Å². The third-order valence-electron chi connectivity index (χ3n) is 4.57. The second-order valence-electron chi connectivity index (χ2n) is 6.85. The number of hydrogen-bond donors (Lipinski definition) is 1. The number of carbonyl (C=O) groups excluding carboxylic acids is 1. The van der Waals surface area contributed by atoms with Crippen molar-refractivity contribution in [3.8, 4) is 17.6 Å². The summed E-state index contributed by atoms with van der Waals surface area (Å²) in [5.41, 5.74) is 0.699. The zero-order chi connectivity index (χ0) is 24.7. The summed E-state index contributed by atoms with van der Waals surface area (Å²) in [6.07, 6.45) is 1.35. The lowest BCUT2D eigenvalue weighted by atomic mass is 10.1. The van der Waals surface area contributed by atoms with E-state index in [1.165, 1.54) is 49.6 Å². The van der Waals surface area contributed by atoms with Crippen molar-refractivity contribution in [2.75, 3.05) is 12.4 Å². The largest absolute Gasteiger partial charge is 0.493 e. The molecule has 0 aliphatic carbocycles. The molecule has 0 aromatic heterocycles. The maximum atomic E-state index is 13.1. The first-order valence-electron chi connectivity index (χ1n) is 9.73. The van der Waals surface area contributed by atoms with Gasteiger partial charge in [-0.2, -0.15) is 5.26 Å². The molecule has 0 fully saturated rings. The minimum atomic E-state index is -0.789. The molecule has 172 valence electrons. The van der Waals surface area contributed by atoms with Crippen LogP contribution in [0.15, 0.2) is 66.2 Å². The van der Waals surface area contributed by atoms with Crippen LogP contribution in [0.25, 0.3) is 6.08 Å². The SMILES string of the molecule is COc1cc(C=C(C#N)C(=O)Nc2ccccc2[N+](=O)[O-])cc(I)c1OCc1ccc(F)cc1. The molecule has 0 saturated heterocycles. The highest BCUT2D eigenvalue weighted by molar-refractivity contribution is 14.1. The van der Waals surface area contributed by atoms with Crippen LogP contribution in [-0.4, -0.2) is 17.9 Å². The van der Waals surface area contributed by atoms with Crippen molar-refractivity contribution in [1.82, 2.24) is 0 Å². The molecule has 0 atom stereocenters. The minimum Gasteiger partial charge on any atom is -0.493 e. The Bertz CT molecular complexity index is 1300. The molecular formula is C24H17FIN3O5. The molecule has 1 amide bonds. The summed E-state index contributed by atoms with van der Waals surface area (Å²) in [5, 5.41) is 23.1. The predicted molar refractivity (Wildman–Crippen MR) is 132 cm³/mol. The second kappa shape index (κ2) is 11.2. The zero-order valence-electron chi connectivity index (χ0n) is 17.7. The van der Waals surface area contributed by atoms with Crippen LogP contribution in [0.1, 0.15) is 11.1 Å². The van der Waals surface area contributed by atoms with Gasteiger partial charge in [-0.15, -0.1) is 0 Å². The van der Waals surface area contributed by atoms with E-state index in [1.807, 2.05) is 28.7 Å². The highest BCUT2D eigenvalue weighted by Crippen LogP contribution is 2.35. The molecule has 3 aromatic carbocycles. The van der Waals surface area contributed by atoms with Gasteiger partial charge in [-0.05, 0) is 70.1 Å². The topological polar surface area (TPSA) is 114 Å². The number of halogens is 2. The normalized spacial score (nSPS) is 10.8. The fourth-order valence-electron chi connectivity index (χ4n) is 2.94. The second-order valence-corrected chi connectivity index (χ2v) is 8.01. The number of nitriles is 1. The number of nitro benzene ring substituents is 1. The van der Waals surface area contributed by atoms with Gasteiger partial charge in [0, 0.05) is 6.07 Å².